The molecule has 5 nitrogen and oxygen atoms in total. The molecule has 2 amide bonds. The van der Waals surface area contributed by atoms with Crippen LogP contribution in [0.2, 0.25) is 10.0 Å². The molecule has 26 heavy (non-hydrogen) atoms. The van der Waals surface area contributed by atoms with Gasteiger partial charge in [-0.15, -0.1) is 0 Å². The molecule has 1 N–H and O–H groups in total. The summed E-state index contributed by atoms with van der Waals surface area (Å²) in [5.74, 6) is 0.0734. The van der Waals surface area contributed by atoms with Crippen LogP contribution in [-0.2, 0) is 9.59 Å². The van der Waals surface area contributed by atoms with Crippen LogP contribution in [0.5, 0.6) is 5.75 Å². The van der Waals surface area contributed by atoms with E-state index in [1.807, 2.05) is 13.0 Å². The Labute approximate surface area is 162 Å². The molecule has 0 heterocycles. The van der Waals surface area contributed by atoms with Crippen molar-refractivity contribution in [3.05, 3.63) is 52.0 Å². The van der Waals surface area contributed by atoms with Crippen molar-refractivity contribution in [2.45, 2.75) is 20.3 Å². The Morgan fingerprint density at radius 2 is 1.88 bits per heavy atom. The average Bonchev–Trinajstić information content (AvgIpc) is 2.58. The minimum atomic E-state index is -0.225. The molecule has 138 valence electrons. The molecule has 0 saturated carbocycles. The van der Waals surface area contributed by atoms with Crippen molar-refractivity contribution < 1.29 is 14.3 Å². The van der Waals surface area contributed by atoms with Gasteiger partial charge in [0.25, 0.3) is 0 Å². The molecule has 0 radical (unpaired) electrons. The smallest absolute Gasteiger partial charge is 0.226 e. The Bertz CT molecular complexity index is 824. The Morgan fingerprint density at radius 3 is 2.50 bits per heavy atom. The summed E-state index contributed by atoms with van der Waals surface area (Å²) in [6.07, 6.45) is 0.112. The average molecular weight is 395 g/mol. The number of halogens is 2. The zero-order valence-corrected chi connectivity index (χ0v) is 16.3. The molecule has 0 spiro atoms. The molecule has 0 aliphatic rings. The fraction of sp³-hybridized carbons (Fsp3) is 0.263. The zero-order chi connectivity index (χ0) is 19.3. The summed E-state index contributed by atoms with van der Waals surface area (Å²) in [6, 6.07) is 10.3. The maximum atomic E-state index is 12.2. The summed E-state index contributed by atoms with van der Waals surface area (Å²) in [5, 5.41) is 3.84. The lowest BCUT2D eigenvalue weighted by molar-refractivity contribution is -0.117. The summed E-state index contributed by atoms with van der Waals surface area (Å²) in [6.45, 7) is 3.51. The van der Waals surface area contributed by atoms with Crippen LogP contribution in [0.3, 0.4) is 0 Å². The number of nitrogens with zero attached hydrogens (tertiary/aromatic N) is 1. The maximum Gasteiger partial charge on any atom is 0.226 e. The molecular formula is C19H20Cl2N2O3. The molecule has 7 heteroatoms. The highest BCUT2D eigenvalue weighted by Crippen LogP contribution is 2.31. The first-order chi connectivity index (χ1) is 12.3. The van der Waals surface area contributed by atoms with Crippen LogP contribution in [0, 0.1) is 6.92 Å². The molecule has 0 bridgehead atoms. The highest BCUT2D eigenvalue weighted by molar-refractivity contribution is 6.31. The predicted molar refractivity (Wildman–Crippen MR) is 105 cm³/mol. The van der Waals surface area contributed by atoms with Gasteiger partial charge >= 0.3 is 0 Å². The van der Waals surface area contributed by atoms with E-state index in [0.29, 0.717) is 27.2 Å². The van der Waals surface area contributed by atoms with Crippen molar-refractivity contribution >= 4 is 46.4 Å². The molecule has 0 aliphatic heterocycles. The topological polar surface area (TPSA) is 58.6 Å². The van der Waals surface area contributed by atoms with E-state index in [1.165, 1.54) is 18.9 Å². The van der Waals surface area contributed by atoms with E-state index < -0.39 is 0 Å². The van der Waals surface area contributed by atoms with Gasteiger partial charge in [-0.2, -0.15) is 0 Å². The second-order valence-electron chi connectivity index (χ2n) is 5.75. The number of anilines is 2. The highest BCUT2D eigenvalue weighted by Gasteiger charge is 2.18. The second kappa shape index (κ2) is 8.92. The van der Waals surface area contributed by atoms with Crippen LogP contribution in [0.25, 0.3) is 0 Å². The Kier molecular flexibility index (Phi) is 6.89. The number of benzene rings is 2. The van der Waals surface area contributed by atoms with Gasteiger partial charge < -0.3 is 15.0 Å². The Balaban J connectivity index is 2.09. The minimum absolute atomic E-state index is 0.112. The first kappa shape index (κ1) is 20.1. The van der Waals surface area contributed by atoms with E-state index in [9.17, 15) is 9.59 Å². The molecule has 2 aromatic carbocycles. The monoisotopic (exact) mass is 394 g/mol. The van der Waals surface area contributed by atoms with Gasteiger partial charge in [-0.05, 0) is 42.8 Å². The van der Waals surface area contributed by atoms with E-state index >= 15 is 0 Å². The van der Waals surface area contributed by atoms with Crippen LogP contribution >= 0.6 is 23.2 Å². The van der Waals surface area contributed by atoms with Gasteiger partial charge in [0.2, 0.25) is 11.8 Å². The van der Waals surface area contributed by atoms with E-state index in [0.717, 1.165) is 5.56 Å². The second-order valence-corrected chi connectivity index (χ2v) is 6.59. The number of amides is 2. The Morgan fingerprint density at radius 1 is 1.15 bits per heavy atom. The van der Waals surface area contributed by atoms with Crippen molar-refractivity contribution in [3.63, 3.8) is 0 Å². The lowest BCUT2D eigenvalue weighted by atomic mass is 10.2. The fourth-order valence-electron chi connectivity index (χ4n) is 2.43. The molecule has 2 rings (SSSR count). The molecule has 0 aromatic heterocycles. The van der Waals surface area contributed by atoms with Crippen molar-refractivity contribution in [2.75, 3.05) is 23.9 Å². The first-order valence-corrected chi connectivity index (χ1v) is 8.75. The number of hydrogen-bond acceptors (Lipinski definition) is 3. The van der Waals surface area contributed by atoms with Crippen LogP contribution in [0.15, 0.2) is 36.4 Å². The predicted octanol–water partition coefficient (Wildman–Crippen LogP) is 4.69. The van der Waals surface area contributed by atoms with Crippen molar-refractivity contribution in [1.82, 2.24) is 0 Å². The number of rotatable bonds is 6. The van der Waals surface area contributed by atoms with E-state index in [4.69, 9.17) is 27.9 Å². The molecular weight excluding hydrogens is 375 g/mol. The fourth-order valence-corrected chi connectivity index (χ4v) is 2.78. The van der Waals surface area contributed by atoms with E-state index in [2.05, 4.69) is 5.32 Å². The quantitative estimate of drug-likeness (QED) is 0.772. The number of carbonyl (C=O) groups excluding carboxylic acids is 2. The summed E-state index contributed by atoms with van der Waals surface area (Å²) in [4.78, 5) is 25.8. The van der Waals surface area contributed by atoms with Gasteiger partial charge in [-0.1, -0.05) is 29.3 Å². The number of methoxy groups -OCH3 is 1. The summed E-state index contributed by atoms with van der Waals surface area (Å²) >= 11 is 12.1. The lowest BCUT2D eigenvalue weighted by Gasteiger charge is -2.23. The number of nitrogens with one attached hydrogen (secondary N) is 1. The van der Waals surface area contributed by atoms with Crippen LogP contribution in [0.4, 0.5) is 11.4 Å². The summed E-state index contributed by atoms with van der Waals surface area (Å²) in [7, 11) is 1.51. The normalized spacial score (nSPS) is 10.3. The van der Waals surface area contributed by atoms with Gasteiger partial charge in [0, 0.05) is 35.6 Å². The van der Waals surface area contributed by atoms with E-state index in [-0.39, 0.29) is 24.8 Å². The van der Waals surface area contributed by atoms with Crippen LogP contribution in [-0.4, -0.2) is 25.5 Å². The first-order valence-electron chi connectivity index (χ1n) is 7.99. The number of hydrogen-bond donors (Lipinski definition) is 1. The minimum Gasteiger partial charge on any atom is -0.495 e. The highest BCUT2D eigenvalue weighted by atomic mass is 35.5. The third-order valence-electron chi connectivity index (χ3n) is 3.83. The molecule has 0 saturated heterocycles. The zero-order valence-electron chi connectivity index (χ0n) is 14.8. The van der Waals surface area contributed by atoms with Crippen molar-refractivity contribution in [1.29, 1.82) is 0 Å². The largest absolute Gasteiger partial charge is 0.495 e. The number of ether oxygens (including phenoxy) is 1. The SMILES string of the molecule is COc1ccc(Cl)cc1N(CCC(=O)Nc1ccc(C)c(Cl)c1)C(C)=O. The Hall–Kier alpha value is -2.24. The lowest BCUT2D eigenvalue weighted by Crippen LogP contribution is -2.32. The van der Waals surface area contributed by atoms with Gasteiger partial charge in [0.05, 0.1) is 12.8 Å². The van der Waals surface area contributed by atoms with Crippen LogP contribution < -0.4 is 15.0 Å². The molecule has 0 atom stereocenters. The molecule has 0 fully saturated rings. The summed E-state index contributed by atoms with van der Waals surface area (Å²) < 4.78 is 5.29. The van der Waals surface area contributed by atoms with Gasteiger partial charge in [0.15, 0.2) is 0 Å². The molecule has 0 aliphatic carbocycles. The van der Waals surface area contributed by atoms with Crippen LogP contribution in [0.1, 0.15) is 18.9 Å². The summed E-state index contributed by atoms with van der Waals surface area (Å²) in [5.41, 5.74) is 2.07. The number of carbonyl (C=O) groups is 2. The van der Waals surface area contributed by atoms with E-state index in [1.54, 1.807) is 30.3 Å². The standard InChI is InChI=1S/C19H20Cl2N2O3/c1-12-4-6-15(11-16(12)21)22-19(25)8-9-23(13(2)24)17-10-14(20)5-7-18(17)26-3/h4-7,10-11H,8-9H2,1-3H3,(H,22,25). The molecule has 2 aromatic rings. The number of aryl methyl sites for hydroxylation is 1. The van der Waals surface area contributed by atoms with Crippen molar-refractivity contribution in [3.8, 4) is 5.75 Å². The van der Waals surface area contributed by atoms with Gasteiger partial charge in [-0.25, -0.2) is 0 Å². The third-order valence-corrected chi connectivity index (χ3v) is 4.47. The third kappa shape index (κ3) is 5.13. The van der Waals surface area contributed by atoms with Crippen molar-refractivity contribution in [2.24, 2.45) is 0 Å². The van der Waals surface area contributed by atoms with Gasteiger partial charge in [0.1, 0.15) is 5.75 Å². The molecule has 0 unspecified atom stereocenters. The maximum absolute atomic E-state index is 12.2. The van der Waals surface area contributed by atoms with Gasteiger partial charge in [-0.3, -0.25) is 9.59 Å².